The van der Waals surface area contributed by atoms with Crippen LogP contribution in [-0.2, 0) is 9.59 Å². The maximum absolute atomic E-state index is 12.2. The summed E-state index contributed by atoms with van der Waals surface area (Å²) in [6, 6.07) is 3.37. The molecule has 130 valence electrons. The monoisotopic (exact) mass is 337 g/mol. The number of ether oxygens (including phenoxy) is 1. The van der Waals surface area contributed by atoms with Crippen LogP contribution in [0.2, 0.25) is 0 Å². The van der Waals surface area contributed by atoms with Gasteiger partial charge in [-0.05, 0) is 31.9 Å². The van der Waals surface area contributed by atoms with Crippen molar-refractivity contribution in [3.05, 3.63) is 28.3 Å². The summed E-state index contributed by atoms with van der Waals surface area (Å²) in [4.78, 5) is 35.5. The molecule has 1 atom stereocenters. The van der Waals surface area contributed by atoms with Gasteiger partial charge in [0.1, 0.15) is 17.5 Å². The van der Waals surface area contributed by atoms with Crippen molar-refractivity contribution in [3.8, 4) is 5.75 Å². The Bertz CT molecular complexity index is 659. The lowest BCUT2D eigenvalue weighted by atomic mass is 10.2. The summed E-state index contributed by atoms with van der Waals surface area (Å²) in [5.41, 5.74) is -0.239. The third-order valence-corrected chi connectivity index (χ3v) is 3.87. The van der Waals surface area contributed by atoms with Crippen LogP contribution < -0.4 is 10.1 Å². The van der Waals surface area contributed by atoms with E-state index in [2.05, 4.69) is 5.32 Å². The van der Waals surface area contributed by atoms with Crippen LogP contribution in [0.15, 0.2) is 18.2 Å². The molecule has 9 nitrogen and oxygen atoms in total. The molecule has 0 aromatic heterocycles. The highest BCUT2D eigenvalue weighted by Crippen LogP contribution is 2.30. The number of hydrogen-bond acceptors (Lipinski definition) is 6. The average Bonchev–Trinajstić information content (AvgIpc) is 3.36. The van der Waals surface area contributed by atoms with Crippen molar-refractivity contribution >= 4 is 23.3 Å². The van der Waals surface area contributed by atoms with Crippen LogP contribution in [0.3, 0.4) is 0 Å². The van der Waals surface area contributed by atoms with Crippen LogP contribution in [0, 0.1) is 10.1 Å². The highest BCUT2D eigenvalue weighted by Gasteiger charge is 2.36. The number of benzene rings is 1. The summed E-state index contributed by atoms with van der Waals surface area (Å²) in [5.74, 6) is -1.20. The van der Waals surface area contributed by atoms with E-state index >= 15 is 0 Å². The van der Waals surface area contributed by atoms with E-state index in [9.17, 15) is 19.7 Å². The van der Waals surface area contributed by atoms with E-state index in [1.807, 2.05) is 0 Å². The zero-order valence-electron chi connectivity index (χ0n) is 13.4. The van der Waals surface area contributed by atoms with E-state index in [0.29, 0.717) is 5.75 Å². The van der Waals surface area contributed by atoms with Gasteiger partial charge in [0.15, 0.2) is 0 Å². The van der Waals surface area contributed by atoms with Gasteiger partial charge in [0, 0.05) is 6.04 Å². The van der Waals surface area contributed by atoms with Crippen molar-refractivity contribution in [2.75, 3.05) is 19.0 Å². The van der Waals surface area contributed by atoms with Gasteiger partial charge < -0.3 is 15.2 Å². The number of anilines is 1. The fraction of sp³-hybridized carbons (Fsp3) is 0.467. The van der Waals surface area contributed by atoms with Crippen LogP contribution >= 0.6 is 0 Å². The normalized spacial score (nSPS) is 15.0. The number of carboxylic acids is 1. The summed E-state index contributed by atoms with van der Waals surface area (Å²) in [6.07, 6.45) is 1.68. The van der Waals surface area contributed by atoms with E-state index in [1.165, 1.54) is 32.2 Å². The first kappa shape index (κ1) is 17.7. The summed E-state index contributed by atoms with van der Waals surface area (Å²) >= 11 is 0. The van der Waals surface area contributed by atoms with Crippen LogP contribution in [-0.4, -0.2) is 52.5 Å². The van der Waals surface area contributed by atoms with Crippen molar-refractivity contribution in [3.63, 3.8) is 0 Å². The number of hydrogen-bond donors (Lipinski definition) is 2. The van der Waals surface area contributed by atoms with Gasteiger partial charge in [-0.15, -0.1) is 0 Å². The third kappa shape index (κ3) is 4.19. The third-order valence-electron chi connectivity index (χ3n) is 3.87. The molecule has 24 heavy (non-hydrogen) atoms. The topological polar surface area (TPSA) is 122 Å². The second-order valence-corrected chi connectivity index (χ2v) is 5.61. The molecule has 1 aliphatic carbocycles. The number of aliphatic carboxylic acids is 1. The lowest BCUT2D eigenvalue weighted by Gasteiger charge is -2.25. The summed E-state index contributed by atoms with van der Waals surface area (Å²) in [6.45, 7) is 1.38. The second kappa shape index (κ2) is 7.26. The fourth-order valence-electron chi connectivity index (χ4n) is 2.38. The van der Waals surface area contributed by atoms with E-state index in [4.69, 9.17) is 9.84 Å². The molecule has 1 aliphatic rings. The molecular formula is C15H19N3O6. The molecular weight excluding hydrogens is 318 g/mol. The number of nitro benzene ring substituents is 1. The maximum atomic E-state index is 12.2. The first-order valence-corrected chi connectivity index (χ1v) is 7.44. The lowest BCUT2D eigenvalue weighted by Crippen LogP contribution is -2.44. The minimum Gasteiger partial charge on any atom is -0.496 e. The highest BCUT2D eigenvalue weighted by molar-refractivity contribution is 5.95. The number of nitrogens with zero attached hydrogens (tertiary/aromatic N) is 2. The van der Waals surface area contributed by atoms with Crippen LogP contribution in [0.5, 0.6) is 5.75 Å². The fourth-order valence-corrected chi connectivity index (χ4v) is 2.38. The van der Waals surface area contributed by atoms with Gasteiger partial charge in [-0.3, -0.25) is 24.6 Å². The van der Waals surface area contributed by atoms with Gasteiger partial charge in [0.2, 0.25) is 5.91 Å². The van der Waals surface area contributed by atoms with Crippen molar-refractivity contribution in [2.24, 2.45) is 0 Å². The number of methoxy groups -OCH3 is 1. The minimum atomic E-state index is -1.01. The van der Waals surface area contributed by atoms with Crippen LogP contribution in [0.1, 0.15) is 19.8 Å². The van der Waals surface area contributed by atoms with Crippen molar-refractivity contribution in [2.45, 2.75) is 31.8 Å². The SMILES string of the molecule is COc1ccc(NC(=O)CN(C2CC2)C(C)C(=O)O)c([N+](=O)[O-])c1. The Labute approximate surface area is 138 Å². The van der Waals surface area contributed by atoms with Gasteiger partial charge in [0.25, 0.3) is 5.69 Å². The zero-order valence-corrected chi connectivity index (χ0v) is 13.4. The molecule has 1 saturated carbocycles. The maximum Gasteiger partial charge on any atom is 0.320 e. The molecule has 0 heterocycles. The van der Waals surface area contributed by atoms with Crippen molar-refractivity contribution in [1.29, 1.82) is 0 Å². The zero-order chi connectivity index (χ0) is 17.9. The number of carbonyl (C=O) groups is 2. The number of rotatable bonds is 8. The summed E-state index contributed by atoms with van der Waals surface area (Å²) in [5, 5.41) is 22.7. The first-order chi connectivity index (χ1) is 11.3. The smallest absolute Gasteiger partial charge is 0.320 e. The predicted molar refractivity (Wildman–Crippen MR) is 85.1 cm³/mol. The van der Waals surface area contributed by atoms with Crippen molar-refractivity contribution < 1.29 is 24.4 Å². The standard InChI is InChI=1S/C15H19N3O6/c1-9(15(20)21)17(10-3-4-10)8-14(19)16-12-6-5-11(24-2)7-13(12)18(22)23/h5-7,9-10H,3-4,8H2,1-2H3,(H,16,19)(H,20,21). The number of amides is 1. The van der Waals surface area contributed by atoms with Gasteiger partial charge in [-0.1, -0.05) is 0 Å². The van der Waals surface area contributed by atoms with Gasteiger partial charge in [-0.2, -0.15) is 0 Å². The Morgan fingerprint density at radius 2 is 2.17 bits per heavy atom. The first-order valence-electron chi connectivity index (χ1n) is 7.44. The number of nitro groups is 1. The van der Waals surface area contributed by atoms with E-state index < -0.39 is 22.8 Å². The van der Waals surface area contributed by atoms with E-state index in [-0.39, 0.29) is 24.0 Å². The van der Waals surface area contributed by atoms with Crippen LogP contribution in [0.4, 0.5) is 11.4 Å². The van der Waals surface area contributed by atoms with Crippen molar-refractivity contribution in [1.82, 2.24) is 4.90 Å². The second-order valence-electron chi connectivity index (χ2n) is 5.61. The predicted octanol–water partition coefficient (Wildman–Crippen LogP) is 1.48. The summed E-state index contributed by atoms with van der Waals surface area (Å²) in [7, 11) is 1.39. The Kier molecular flexibility index (Phi) is 5.35. The molecule has 0 radical (unpaired) electrons. The number of carboxylic acid groups (broad SMARTS) is 1. The molecule has 2 N–H and O–H groups in total. The lowest BCUT2D eigenvalue weighted by molar-refractivity contribution is -0.384. The quantitative estimate of drug-likeness (QED) is 0.544. The van der Waals surface area contributed by atoms with Gasteiger partial charge in [0.05, 0.1) is 24.6 Å². The Morgan fingerprint density at radius 1 is 1.50 bits per heavy atom. The minimum absolute atomic E-state index is 0.0459. The molecule has 0 spiro atoms. The molecule has 1 aromatic carbocycles. The molecule has 0 saturated heterocycles. The molecule has 1 aromatic rings. The molecule has 1 unspecified atom stereocenters. The molecule has 9 heteroatoms. The number of nitrogens with one attached hydrogen (secondary N) is 1. The Hall–Kier alpha value is -2.68. The Morgan fingerprint density at radius 3 is 2.67 bits per heavy atom. The van der Waals surface area contributed by atoms with Crippen LogP contribution in [0.25, 0.3) is 0 Å². The van der Waals surface area contributed by atoms with Gasteiger partial charge in [-0.25, -0.2) is 0 Å². The number of carbonyl (C=O) groups excluding carboxylic acids is 1. The van der Waals surface area contributed by atoms with E-state index in [0.717, 1.165) is 12.8 Å². The van der Waals surface area contributed by atoms with E-state index in [1.54, 1.807) is 4.90 Å². The average molecular weight is 337 g/mol. The molecule has 0 bridgehead atoms. The van der Waals surface area contributed by atoms with Gasteiger partial charge >= 0.3 is 5.97 Å². The summed E-state index contributed by atoms with van der Waals surface area (Å²) < 4.78 is 4.94. The molecule has 1 amide bonds. The largest absolute Gasteiger partial charge is 0.496 e. The molecule has 1 fully saturated rings. The highest BCUT2D eigenvalue weighted by atomic mass is 16.6. The Balaban J connectivity index is 2.11. The molecule has 2 rings (SSSR count). The molecule has 0 aliphatic heterocycles.